The molecule has 0 aliphatic carbocycles. The molecule has 0 saturated heterocycles. The Morgan fingerprint density at radius 3 is 2.96 bits per heavy atom. The van der Waals surface area contributed by atoms with Crippen molar-refractivity contribution in [3.8, 4) is 10.8 Å². The lowest BCUT2D eigenvalue weighted by Gasteiger charge is -2.06. The van der Waals surface area contributed by atoms with Gasteiger partial charge < -0.3 is 9.73 Å². The summed E-state index contributed by atoms with van der Waals surface area (Å²) in [5.74, 6) is -0.785. The molecule has 1 aromatic carbocycles. The summed E-state index contributed by atoms with van der Waals surface area (Å²) in [6.45, 7) is 1.72. The van der Waals surface area contributed by atoms with Gasteiger partial charge in [-0.3, -0.25) is 4.79 Å². The number of carbonyl (C=O) groups excluding carboxylic acids is 1. The highest BCUT2D eigenvalue weighted by Gasteiger charge is 2.14. The third-order valence-electron chi connectivity index (χ3n) is 3.07. The van der Waals surface area contributed by atoms with Crippen LogP contribution in [0.3, 0.4) is 0 Å². The van der Waals surface area contributed by atoms with Crippen molar-refractivity contribution in [3.05, 3.63) is 56.3 Å². The van der Waals surface area contributed by atoms with Crippen LogP contribution in [0, 0.1) is 6.92 Å². The Morgan fingerprint density at radius 1 is 1.43 bits per heavy atom. The summed E-state index contributed by atoms with van der Waals surface area (Å²) in [5, 5.41) is 8.63. The molecule has 0 spiro atoms. The Balaban J connectivity index is 1.73. The van der Waals surface area contributed by atoms with Crippen molar-refractivity contribution >= 4 is 38.9 Å². The minimum atomic E-state index is -0.657. The molecule has 3 aromatic rings. The predicted octanol–water partition coefficient (Wildman–Crippen LogP) is 3.27. The summed E-state index contributed by atoms with van der Waals surface area (Å²) in [6, 6.07) is 9.09. The average Bonchev–Trinajstić information content (AvgIpc) is 3.13. The van der Waals surface area contributed by atoms with Crippen LogP contribution in [-0.4, -0.2) is 15.7 Å². The number of benzene rings is 1. The van der Waals surface area contributed by atoms with Crippen molar-refractivity contribution in [2.45, 2.75) is 13.5 Å². The molecule has 0 fully saturated rings. The first kappa shape index (κ1) is 15.7. The molecule has 0 aliphatic heterocycles. The Kier molecular flexibility index (Phi) is 4.44. The van der Waals surface area contributed by atoms with E-state index in [9.17, 15) is 9.59 Å². The first-order valence-electron chi connectivity index (χ1n) is 6.71. The van der Waals surface area contributed by atoms with E-state index in [1.54, 1.807) is 12.1 Å². The largest absolute Gasteiger partial charge is 0.437 e. The highest BCUT2D eigenvalue weighted by Crippen LogP contribution is 2.21. The number of anilines is 1. The van der Waals surface area contributed by atoms with Gasteiger partial charge in [-0.15, -0.1) is 16.4 Å². The number of thiophene rings is 1. The van der Waals surface area contributed by atoms with Gasteiger partial charge in [-0.2, -0.15) is 4.68 Å². The fourth-order valence-electron chi connectivity index (χ4n) is 1.96. The van der Waals surface area contributed by atoms with Gasteiger partial charge in [0.15, 0.2) is 0 Å². The minimum absolute atomic E-state index is 0.206. The van der Waals surface area contributed by atoms with Gasteiger partial charge in [0.05, 0.1) is 4.88 Å². The van der Waals surface area contributed by atoms with Crippen LogP contribution in [0.5, 0.6) is 0 Å². The molecule has 3 rings (SSSR count). The molecule has 8 heteroatoms. The predicted molar refractivity (Wildman–Crippen MR) is 91.6 cm³/mol. The first-order chi connectivity index (χ1) is 11.0. The smallest absolute Gasteiger partial charge is 0.387 e. The maximum atomic E-state index is 12.1. The molecule has 118 valence electrons. The first-order valence-corrected chi connectivity index (χ1v) is 8.38. The molecule has 0 atom stereocenters. The molecule has 2 heterocycles. The van der Waals surface area contributed by atoms with Crippen LogP contribution in [0.2, 0.25) is 0 Å². The molecule has 0 unspecified atom stereocenters. The van der Waals surface area contributed by atoms with Crippen molar-refractivity contribution in [3.63, 3.8) is 0 Å². The van der Waals surface area contributed by atoms with Crippen LogP contribution in [0.1, 0.15) is 5.56 Å². The molecule has 1 amide bonds. The Bertz CT molecular complexity index is 899. The van der Waals surface area contributed by atoms with Gasteiger partial charge in [0.2, 0.25) is 5.91 Å². The van der Waals surface area contributed by atoms with Gasteiger partial charge in [-0.1, -0.05) is 22.0 Å². The number of aromatic nitrogens is 2. The van der Waals surface area contributed by atoms with Crippen LogP contribution in [0.15, 0.2) is 49.4 Å². The lowest BCUT2D eigenvalue weighted by molar-refractivity contribution is -0.117. The average molecular weight is 394 g/mol. The zero-order valence-corrected chi connectivity index (χ0v) is 14.5. The third kappa shape index (κ3) is 3.59. The van der Waals surface area contributed by atoms with E-state index >= 15 is 0 Å². The van der Waals surface area contributed by atoms with Crippen molar-refractivity contribution in [1.29, 1.82) is 0 Å². The molecule has 1 N–H and O–H groups in total. The maximum absolute atomic E-state index is 12.1. The Hall–Kier alpha value is -2.19. The van der Waals surface area contributed by atoms with Crippen molar-refractivity contribution in [2.75, 3.05) is 5.32 Å². The second kappa shape index (κ2) is 6.51. The van der Waals surface area contributed by atoms with Crippen LogP contribution in [0.25, 0.3) is 10.8 Å². The monoisotopic (exact) mass is 393 g/mol. The summed E-state index contributed by atoms with van der Waals surface area (Å²) < 4.78 is 7.04. The molecule has 0 radical (unpaired) electrons. The number of rotatable bonds is 4. The van der Waals surface area contributed by atoms with Gasteiger partial charge in [-0.05, 0) is 42.1 Å². The molecular formula is C15H12BrN3O3S. The fraction of sp³-hybridized carbons (Fsp3) is 0.133. The fourth-order valence-corrected chi connectivity index (χ4v) is 2.86. The number of nitrogens with zero attached hydrogens (tertiary/aromatic N) is 2. The van der Waals surface area contributed by atoms with Gasteiger partial charge in [0, 0.05) is 10.2 Å². The number of halogens is 1. The van der Waals surface area contributed by atoms with Crippen molar-refractivity contribution < 1.29 is 9.21 Å². The number of carbonyl (C=O) groups is 1. The second-order valence-corrected chi connectivity index (χ2v) is 6.62. The zero-order valence-electron chi connectivity index (χ0n) is 12.1. The molecule has 2 aromatic heterocycles. The molecule has 0 aliphatic rings. The lowest BCUT2D eigenvalue weighted by Crippen LogP contribution is -2.25. The van der Waals surface area contributed by atoms with E-state index in [1.165, 1.54) is 11.3 Å². The number of hydrogen-bond acceptors (Lipinski definition) is 5. The number of nitrogens with one attached hydrogen (secondary N) is 1. The Labute approximate surface area is 143 Å². The van der Waals surface area contributed by atoms with Gasteiger partial charge >= 0.3 is 5.76 Å². The lowest BCUT2D eigenvalue weighted by atomic mass is 10.2. The second-order valence-electron chi connectivity index (χ2n) is 4.82. The van der Waals surface area contributed by atoms with E-state index in [2.05, 4.69) is 26.3 Å². The van der Waals surface area contributed by atoms with Crippen molar-refractivity contribution in [2.24, 2.45) is 0 Å². The van der Waals surface area contributed by atoms with Crippen molar-refractivity contribution in [1.82, 2.24) is 9.78 Å². The van der Waals surface area contributed by atoms with E-state index < -0.39 is 5.76 Å². The van der Waals surface area contributed by atoms with Crippen LogP contribution in [0.4, 0.5) is 5.69 Å². The molecular weight excluding hydrogens is 382 g/mol. The summed E-state index contributed by atoms with van der Waals surface area (Å²) in [7, 11) is 0. The van der Waals surface area contributed by atoms with E-state index in [4.69, 9.17) is 4.42 Å². The topological polar surface area (TPSA) is 77.1 Å². The molecule has 23 heavy (non-hydrogen) atoms. The SMILES string of the molecule is Cc1cc(NC(=O)Cn2nc(-c3cccs3)oc2=O)ccc1Br. The van der Waals surface area contributed by atoms with Gasteiger partial charge in [0.25, 0.3) is 5.89 Å². The quantitative estimate of drug-likeness (QED) is 0.737. The molecule has 6 nitrogen and oxygen atoms in total. The van der Waals surface area contributed by atoms with Gasteiger partial charge in [-0.25, -0.2) is 4.79 Å². The maximum Gasteiger partial charge on any atom is 0.437 e. The van der Waals surface area contributed by atoms with Crippen LogP contribution < -0.4 is 11.1 Å². The highest BCUT2D eigenvalue weighted by molar-refractivity contribution is 9.10. The summed E-state index contributed by atoms with van der Waals surface area (Å²) in [4.78, 5) is 24.6. The standard InChI is InChI=1S/C15H12BrN3O3S/c1-9-7-10(4-5-11(9)16)17-13(20)8-19-15(21)22-14(18-19)12-3-2-6-23-12/h2-7H,8H2,1H3,(H,17,20). The number of hydrogen-bond donors (Lipinski definition) is 1. The summed E-state index contributed by atoms with van der Waals surface area (Å²) in [6.07, 6.45) is 0. The van der Waals surface area contributed by atoms with E-state index in [0.717, 1.165) is 19.6 Å². The van der Waals surface area contributed by atoms with E-state index in [1.807, 2.05) is 30.5 Å². The summed E-state index contributed by atoms with van der Waals surface area (Å²) >= 11 is 4.81. The third-order valence-corrected chi connectivity index (χ3v) is 4.82. The normalized spacial score (nSPS) is 10.7. The van der Waals surface area contributed by atoms with Crippen LogP contribution >= 0.6 is 27.3 Å². The number of aryl methyl sites for hydroxylation is 1. The van der Waals surface area contributed by atoms with Crippen LogP contribution in [-0.2, 0) is 11.3 Å². The van der Waals surface area contributed by atoms with E-state index in [-0.39, 0.29) is 18.3 Å². The van der Waals surface area contributed by atoms with Gasteiger partial charge in [0.1, 0.15) is 6.54 Å². The zero-order chi connectivity index (χ0) is 16.4. The highest BCUT2D eigenvalue weighted by atomic mass is 79.9. The Morgan fingerprint density at radius 2 is 2.26 bits per heavy atom. The number of amides is 1. The summed E-state index contributed by atoms with van der Waals surface area (Å²) in [5.41, 5.74) is 1.66. The molecule has 0 bridgehead atoms. The van der Waals surface area contributed by atoms with E-state index in [0.29, 0.717) is 5.69 Å². The molecule has 0 saturated carbocycles. The minimum Gasteiger partial charge on any atom is -0.387 e.